The van der Waals surface area contributed by atoms with Gasteiger partial charge in [-0.25, -0.2) is 4.99 Å². The highest BCUT2D eigenvalue weighted by Crippen LogP contribution is 2.49. The van der Waals surface area contributed by atoms with Crippen molar-refractivity contribution in [2.45, 2.75) is 29.7 Å². The molecule has 1 aliphatic carbocycles. The number of likely N-dealkylation sites (tertiary alicyclic amines) is 1. The largest absolute Gasteiger partial charge is 0.364 e. The molecule has 0 N–H and O–H groups in total. The van der Waals surface area contributed by atoms with Gasteiger partial charge in [0.2, 0.25) is 0 Å². The first-order chi connectivity index (χ1) is 12.6. The van der Waals surface area contributed by atoms with Crippen LogP contribution in [-0.4, -0.2) is 48.8 Å². The average molecular weight is 364 g/mol. The van der Waals surface area contributed by atoms with E-state index in [-0.39, 0.29) is 5.54 Å². The van der Waals surface area contributed by atoms with Crippen LogP contribution in [0.5, 0.6) is 0 Å². The zero-order valence-electron chi connectivity index (χ0n) is 15.7. The van der Waals surface area contributed by atoms with E-state index in [1.807, 2.05) is 11.8 Å². The van der Waals surface area contributed by atoms with Gasteiger partial charge in [-0.15, -0.1) is 11.8 Å². The maximum Gasteiger partial charge on any atom is 0.0755 e. The lowest BCUT2D eigenvalue weighted by atomic mass is 9.72. The van der Waals surface area contributed by atoms with Crippen LogP contribution in [0.2, 0.25) is 0 Å². The molecule has 1 aromatic carbocycles. The van der Waals surface area contributed by atoms with Crippen LogP contribution >= 0.6 is 11.8 Å². The van der Waals surface area contributed by atoms with Crippen LogP contribution in [0.15, 0.2) is 63.3 Å². The highest BCUT2D eigenvalue weighted by molar-refractivity contribution is 7.98. The van der Waals surface area contributed by atoms with Gasteiger partial charge in [-0.3, -0.25) is 0 Å². The number of likely N-dealkylation sites (N-methyl/N-ethyl adjacent to an activating group) is 1. The maximum atomic E-state index is 5.15. The van der Waals surface area contributed by atoms with E-state index in [0.717, 1.165) is 37.7 Å². The first-order valence-corrected chi connectivity index (χ1v) is 10.7. The van der Waals surface area contributed by atoms with Crippen molar-refractivity contribution in [3.8, 4) is 0 Å². The monoisotopic (exact) mass is 363 g/mol. The fourth-order valence-corrected chi connectivity index (χ4v) is 5.43. The lowest BCUT2D eigenvalue weighted by molar-refractivity contribution is 0.117. The molecule has 1 spiro atoms. The Kier molecular flexibility index (Phi) is 3.70. The van der Waals surface area contributed by atoms with Crippen molar-refractivity contribution in [2.75, 3.05) is 33.4 Å². The molecule has 1 fully saturated rings. The standard InChI is InChI=1S/C22H25N3S/c1-24-12-10-22(11-13-24)20-17-14-15(26-3)8-9-18(17)23-21(20)16-6-4-5-7-19(16)25(22)2/h4-5,7-9,14H,6,10-13H2,1-3H3. The van der Waals surface area contributed by atoms with E-state index in [9.17, 15) is 0 Å². The number of rotatable bonds is 1. The van der Waals surface area contributed by atoms with E-state index in [2.05, 4.69) is 66.6 Å². The van der Waals surface area contributed by atoms with Gasteiger partial charge in [0.15, 0.2) is 0 Å². The van der Waals surface area contributed by atoms with Gasteiger partial charge in [0.1, 0.15) is 0 Å². The lowest BCUT2D eigenvalue weighted by Gasteiger charge is -2.53. The summed E-state index contributed by atoms with van der Waals surface area (Å²) < 4.78 is 0. The predicted octanol–water partition coefficient (Wildman–Crippen LogP) is 2.70. The number of thioether (sulfide) groups is 1. The van der Waals surface area contributed by atoms with E-state index in [0.29, 0.717) is 0 Å². The van der Waals surface area contributed by atoms with Crippen LogP contribution in [0.3, 0.4) is 0 Å². The van der Waals surface area contributed by atoms with Crippen LogP contribution in [0.25, 0.3) is 5.57 Å². The summed E-state index contributed by atoms with van der Waals surface area (Å²) in [6.07, 6.45) is 12.2. The molecule has 26 heavy (non-hydrogen) atoms. The Labute approximate surface area is 159 Å². The first kappa shape index (κ1) is 16.4. The molecular formula is C22H25N3S. The molecule has 134 valence electrons. The van der Waals surface area contributed by atoms with Gasteiger partial charge in [0, 0.05) is 47.1 Å². The number of hydrogen-bond acceptors (Lipinski definition) is 4. The predicted molar refractivity (Wildman–Crippen MR) is 109 cm³/mol. The van der Waals surface area contributed by atoms with Crippen molar-refractivity contribution in [1.29, 1.82) is 0 Å². The van der Waals surface area contributed by atoms with E-state index in [4.69, 9.17) is 4.99 Å². The minimum absolute atomic E-state index is 0.0636. The fraction of sp³-hybridized carbons (Fsp3) is 0.409. The molecule has 3 aliphatic heterocycles. The molecule has 0 saturated carbocycles. The fourth-order valence-electron chi connectivity index (χ4n) is 4.99. The van der Waals surface area contributed by atoms with Crippen molar-refractivity contribution in [1.82, 2.24) is 9.80 Å². The molecular weight excluding hydrogens is 338 g/mol. The van der Waals surface area contributed by atoms with Crippen molar-refractivity contribution < 1.29 is 0 Å². The zero-order valence-corrected chi connectivity index (χ0v) is 16.6. The summed E-state index contributed by atoms with van der Waals surface area (Å²) in [6.45, 7) is 2.27. The second kappa shape index (κ2) is 5.86. The first-order valence-electron chi connectivity index (χ1n) is 9.45. The molecule has 4 aliphatic rings. The van der Waals surface area contributed by atoms with Gasteiger partial charge < -0.3 is 9.80 Å². The third-order valence-electron chi connectivity index (χ3n) is 6.53. The van der Waals surface area contributed by atoms with Crippen molar-refractivity contribution in [3.05, 3.63) is 64.0 Å². The number of fused-ring (bicyclic) bond motifs is 4. The van der Waals surface area contributed by atoms with Crippen LogP contribution in [0, 0.1) is 0 Å². The summed E-state index contributed by atoms with van der Waals surface area (Å²) in [5, 5.41) is 2.52. The molecule has 0 aromatic heterocycles. The van der Waals surface area contributed by atoms with Gasteiger partial charge in [-0.2, -0.15) is 0 Å². The maximum absolute atomic E-state index is 5.15. The Bertz CT molecular complexity index is 991. The van der Waals surface area contributed by atoms with Crippen molar-refractivity contribution in [2.24, 2.45) is 4.99 Å². The third kappa shape index (κ3) is 2.15. The molecule has 5 rings (SSSR count). The normalized spacial score (nSPS) is 23.6. The second-order valence-corrected chi connectivity index (χ2v) is 8.65. The number of piperidine rings is 1. The van der Waals surface area contributed by atoms with E-state index in [1.54, 1.807) is 0 Å². The number of nitrogens with zero attached hydrogens (tertiary/aromatic N) is 3. The lowest BCUT2D eigenvalue weighted by Crippen LogP contribution is -2.57. The Hall–Kier alpha value is -1.78. The smallest absolute Gasteiger partial charge is 0.0755 e. The average Bonchev–Trinajstić information content (AvgIpc) is 3.07. The molecule has 0 amide bonds. The molecule has 3 nitrogen and oxygen atoms in total. The quantitative estimate of drug-likeness (QED) is 0.715. The molecule has 3 heterocycles. The van der Waals surface area contributed by atoms with Gasteiger partial charge in [-0.1, -0.05) is 12.2 Å². The SMILES string of the molecule is CSc1ccc2c(c1)=C1C(=C3CC=CC=C3N(C)C13CCN(C)CC3)N=2. The Balaban J connectivity index is 1.85. The number of hydrogen-bond donors (Lipinski definition) is 0. The van der Waals surface area contributed by atoms with Crippen LogP contribution in [-0.2, 0) is 0 Å². The van der Waals surface area contributed by atoms with Crippen LogP contribution < -0.4 is 10.6 Å². The number of allylic oxidation sites excluding steroid dienone is 4. The molecule has 0 bridgehead atoms. The summed E-state index contributed by atoms with van der Waals surface area (Å²) in [7, 11) is 4.54. The van der Waals surface area contributed by atoms with E-state index in [1.165, 1.54) is 32.7 Å². The molecule has 0 unspecified atom stereocenters. The van der Waals surface area contributed by atoms with Crippen molar-refractivity contribution >= 4 is 17.3 Å². The third-order valence-corrected chi connectivity index (χ3v) is 7.26. The summed E-state index contributed by atoms with van der Waals surface area (Å²) in [5.74, 6) is 0. The molecule has 0 atom stereocenters. The Morgan fingerprint density at radius 3 is 2.73 bits per heavy atom. The topological polar surface area (TPSA) is 18.8 Å². The molecule has 1 saturated heterocycles. The van der Waals surface area contributed by atoms with Gasteiger partial charge in [0.25, 0.3) is 0 Å². The highest BCUT2D eigenvalue weighted by Gasteiger charge is 2.48. The number of benzene rings is 1. The molecule has 0 radical (unpaired) electrons. The summed E-state index contributed by atoms with van der Waals surface area (Å²) in [6, 6.07) is 6.79. The highest BCUT2D eigenvalue weighted by atomic mass is 32.2. The van der Waals surface area contributed by atoms with Gasteiger partial charge >= 0.3 is 0 Å². The van der Waals surface area contributed by atoms with E-state index >= 15 is 0 Å². The minimum Gasteiger partial charge on any atom is -0.364 e. The van der Waals surface area contributed by atoms with Gasteiger partial charge in [-0.05, 0) is 56.8 Å². The summed E-state index contributed by atoms with van der Waals surface area (Å²) in [5.41, 5.74) is 5.58. The minimum atomic E-state index is 0.0636. The molecule has 1 aromatic rings. The van der Waals surface area contributed by atoms with Crippen LogP contribution in [0.1, 0.15) is 19.3 Å². The van der Waals surface area contributed by atoms with Crippen molar-refractivity contribution in [3.63, 3.8) is 0 Å². The van der Waals surface area contributed by atoms with Crippen LogP contribution in [0.4, 0.5) is 0 Å². The molecule has 4 heteroatoms. The summed E-state index contributed by atoms with van der Waals surface area (Å²) >= 11 is 1.82. The second-order valence-electron chi connectivity index (χ2n) is 7.78. The summed E-state index contributed by atoms with van der Waals surface area (Å²) in [4.78, 5) is 11.5. The Morgan fingerprint density at radius 2 is 1.96 bits per heavy atom. The van der Waals surface area contributed by atoms with E-state index < -0.39 is 0 Å². The van der Waals surface area contributed by atoms with Gasteiger partial charge in [0.05, 0.1) is 16.6 Å². The zero-order chi connectivity index (χ0) is 17.9. The Morgan fingerprint density at radius 1 is 1.15 bits per heavy atom.